The highest BCUT2D eigenvalue weighted by atomic mass is 16.3. The lowest BCUT2D eigenvalue weighted by Gasteiger charge is -2.18. The van der Waals surface area contributed by atoms with Gasteiger partial charge in [-0.05, 0) is 75.2 Å². The highest BCUT2D eigenvalue weighted by Gasteiger charge is 2.21. The van der Waals surface area contributed by atoms with Crippen LogP contribution in [0.2, 0.25) is 0 Å². The molecule has 51 heavy (non-hydrogen) atoms. The average Bonchev–Trinajstić information content (AvgIpc) is 3.59. The molecule has 10 rings (SSSR count). The van der Waals surface area contributed by atoms with Crippen LogP contribution in [-0.2, 0) is 6.42 Å². The minimum atomic E-state index is 0.602. The van der Waals surface area contributed by atoms with Gasteiger partial charge in [0.05, 0.1) is 0 Å². The van der Waals surface area contributed by atoms with E-state index in [0.29, 0.717) is 17.5 Å². The van der Waals surface area contributed by atoms with Crippen LogP contribution in [0, 0.1) is 0 Å². The maximum Gasteiger partial charge on any atom is 0.164 e. The van der Waals surface area contributed by atoms with Crippen LogP contribution < -0.4 is 0 Å². The number of benzene rings is 7. The van der Waals surface area contributed by atoms with Gasteiger partial charge in [-0.25, -0.2) is 15.0 Å². The highest BCUT2D eigenvalue weighted by Crippen LogP contribution is 2.41. The third-order valence-electron chi connectivity index (χ3n) is 10.0. The summed E-state index contributed by atoms with van der Waals surface area (Å²) in [5.41, 5.74) is 11.8. The van der Waals surface area contributed by atoms with Crippen molar-refractivity contribution in [2.24, 2.45) is 0 Å². The zero-order chi connectivity index (χ0) is 33.7. The summed E-state index contributed by atoms with van der Waals surface area (Å²) in [4.78, 5) is 15.5. The number of allylic oxidation sites excluding steroid dienone is 1. The van der Waals surface area contributed by atoms with E-state index in [-0.39, 0.29) is 0 Å². The minimum absolute atomic E-state index is 0.602. The Morgan fingerprint density at radius 1 is 0.431 bits per heavy atom. The van der Waals surface area contributed by atoms with Gasteiger partial charge in [0.2, 0.25) is 0 Å². The molecule has 0 saturated heterocycles. The van der Waals surface area contributed by atoms with E-state index in [4.69, 9.17) is 19.4 Å². The Kier molecular flexibility index (Phi) is 6.91. The third-order valence-corrected chi connectivity index (χ3v) is 10.0. The summed E-state index contributed by atoms with van der Waals surface area (Å²) >= 11 is 0. The molecule has 4 heteroatoms. The SMILES string of the molecule is C1=C(c2ccc(-c3nc(-c4ccccc4)nc(-c4cc(-c5cccc6ccccc56)cc5oc6ccccc6c45)n3)cc2)c2ccccc2CC1. The smallest absolute Gasteiger partial charge is 0.164 e. The van der Waals surface area contributed by atoms with Crippen molar-refractivity contribution in [3.8, 4) is 45.3 Å². The van der Waals surface area contributed by atoms with E-state index < -0.39 is 0 Å². The summed E-state index contributed by atoms with van der Waals surface area (Å²) < 4.78 is 6.54. The standard InChI is InChI=1S/C47H31N3O/c1-2-14-33(15-3-1)45-48-46(34-26-24-32(25-27-34)38-21-10-16-30-12-4-6-18-36(30)38)50-47(49-45)41-28-35(39-22-11-17-31-13-5-7-19-37(31)39)29-43-44(41)40-20-8-9-23-42(40)51-43/h1-9,11-15,17-29H,10,16H2. The molecule has 9 aromatic rings. The van der Waals surface area contributed by atoms with Gasteiger partial charge in [0.15, 0.2) is 17.5 Å². The van der Waals surface area contributed by atoms with Gasteiger partial charge < -0.3 is 4.42 Å². The number of fused-ring (bicyclic) bond motifs is 5. The van der Waals surface area contributed by atoms with Gasteiger partial charge in [-0.1, -0.05) is 146 Å². The predicted molar refractivity (Wildman–Crippen MR) is 208 cm³/mol. The van der Waals surface area contributed by atoms with Gasteiger partial charge in [0.1, 0.15) is 11.2 Å². The quantitative estimate of drug-likeness (QED) is 0.185. The topological polar surface area (TPSA) is 51.8 Å². The van der Waals surface area contributed by atoms with E-state index in [1.54, 1.807) is 0 Å². The molecule has 1 aliphatic rings. The van der Waals surface area contributed by atoms with E-state index in [9.17, 15) is 0 Å². The molecule has 0 bridgehead atoms. The monoisotopic (exact) mass is 653 g/mol. The molecular formula is C47H31N3O. The fourth-order valence-electron chi connectivity index (χ4n) is 7.56. The number of nitrogens with zero attached hydrogens (tertiary/aromatic N) is 3. The Labute approximate surface area is 295 Å². The van der Waals surface area contributed by atoms with Crippen molar-refractivity contribution in [3.63, 3.8) is 0 Å². The first-order chi connectivity index (χ1) is 25.3. The van der Waals surface area contributed by atoms with Gasteiger partial charge in [-0.3, -0.25) is 0 Å². The number of hydrogen-bond donors (Lipinski definition) is 0. The summed E-state index contributed by atoms with van der Waals surface area (Å²) in [5, 5.41) is 4.38. The third kappa shape index (κ3) is 5.12. The van der Waals surface area contributed by atoms with Crippen molar-refractivity contribution < 1.29 is 4.42 Å². The number of hydrogen-bond acceptors (Lipinski definition) is 4. The number of aromatic nitrogens is 3. The molecule has 0 spiro atoms. The van der Waals surface area contributed by atoms with Crippen LogP contribution >= 0.6 is 0 Å². The van der Waals surface area contributed by atoms with Crippen molar-refractivity contribution in [3.05, 3.63) is 180 Å². The van der Waals surface area contributed by atoms with Crippen molar-refractivity contribution in [2.45, 2.75) is 12.8 Å². The molecule has 0 N–H and O–H groups in total. The molecule has 2 heterocycles. The molecule has 4 nitrogen and oxygen atoms in total. The molecule has 0 atom stereocenters. The van der Waals surface area contributed by atoms with Crippen LogP contribution in [0.1, 0.15) is 23.1 Å². The highest BCUT2D eigenvalue weighted by molar-refractivity contribution is 6.14. The fraction of sp³-hybridized carbons (Fsp3) is 0.0426. The molecular weight excluding hydrogens is 623 g/mol. The maximum atomic E-state index is 6.54. The lowest BCUT2D eigenvalue weighted by Crippen LogP contribution is -2.02. The van der Waals surface area contributed by atoms with Crippen molar-refractivity contribution in [1.82, 2.24) is 15.0 Å². The lowest BCUT2D eigenvalue weighted by molar-refractivity contribution is 0.669. The summed E-state index contributed by atoms with van der Waals surface area (Å²) in [5.74, 6) is 1.85. The van der Waals surface area contributed by atoms with Crippen molar-refractivity contribution in [1.29, 1.82) is 0 Å². The number of rotatable bonds is 5. The number of aryl methyl sites for hydroxylation is 1. The van der Waals surface area contributed by atoms with Crippen LogP contribution in [-0.4, -0.2) is 15.0 Å². The van der Waals surface area contributed by atoms with E-state index in [1.807, 2.05) is 42.5 Å². The molecule has 2 aromatic heterocycles. The Balaban J connectivity index is 1.18. The summed E-state index contributed by atoms with van der Waals surface area (Å²) in [6, 6.07) is 55.0. The largest absolute Gasteiger partial charge is 0.456 e. The van der Waals surface area contributed by atoms with Crippen LogP contribution in [0.3, 0.4) is 0 Å². The molecule has 0 unspecified atom stereocenters. The molecule has 240 valence electrons. The Morgan fingerprint density at radius 2 is 1.08 bits per heavy atom. The Hall–Kier alpha value is -6.65. The number of para-hydroxylation sites is 1. The van der Waals surface area contributed by atoms with Crippen molar-refractivity contribution in [2.75, 3.05) is 0 Å². The second-order valence-corrected chi connectivity index (χ2v) is 13.1. The second kappa shape index (κ2) is 12.0. The van der Waals surface area contributed by atoms with E-state index in [2.05, 4.69) is 121 Å². The zero-order valence-electron chi connectivity index (χ0n) is 27.8. The van der Waals surface area contributed by atoms with Gasteiger partial charge in [0.25, 0.3) is 0 Å². The predicted octanol–water partition coefficient (Wildman–Crippen LogP) is 12.0. The van der Waals surface area contributed by atoms with Gasteiger partial charge in [-0.15, -0.1) is 0 Å². The molecule has 0 amide bonds. The van der Waals surface area contributed by atoms with Crippen LogP contribution in [0.5, 0.6) is 0 Å². The molecule has 1 aliphatic carbocycles. The molecule has 0 radical (unpaired) electrons. The van der Waals surface area contributed by atoms with Gasteiger partial charge in [0, 0.05) is 27.5 Å². The van der Waals surface area contributed by atoms with Crippen LogP contribution in [0.25, 0.3) is 83.6 Å². The van der Waals surface area contributed by atoms with Gasteiger partial charge in [-0.2, -0.15) is 0 Å². The van der Waals surface area contributed by atoms with E-state index >= 15 is 0 Å². The minimum Gasteiger partial charge on any atom is -0.456 e. The molecule has 0 saturated carbocycles. The normalized spacial score (nSPS) is 12.7. The average molecular weight is 654 g/mol. The Bertz CT molecular complexity index is 2790. The van der Waals surface area contributed by atoms with Crippen LogP contribution in [0.15, 0.2) is 168 Å². The lowest BCUT2D eigenvalue weighted by atomic mass is 9.87. The van der Waals surface area contributed by atoms with E-state index in [0.717, 1.165) is 62.6 Å². The van der Waals surface area contributed by atoms with Crippen LogP contribution in [0.4, 0.5) is 0 Å². The zero-order valence-corrected chi connectivity index (χ0v) is 27.8. The summed E-state index contributed by atoms with van der Waals surface area (Å²) in [6.45, 7) is 0. The first-order valence-electron chi connectivity index (χ1n) is 17.4. The number of furan rings is 1. The van der Waals surface area contributed by atoms with Crippen molar-refractivity contribution >= 4 is 38.3 Å². The summed E-state index contributed by atoms with van der Waals surface area (Å²) in [7, 11) is 0. The molecule has 0 aliphatic heterocycles. The first-order valence-corrected chi connectivity index (χ1v) is 17.4. The molecule has 7 aromatic carbocycles. The van der Waals surface area contributed by atoms with E-state index in [1.165, 1.54) is 33.0 Å². The molecule has 0 fully saturated rings. The summed E-state index contributed by atoms with van der Waals surface area (Å²) in [6.07, 6.45) is 4.48. The Morgan fingerprint density at radius 3 is 1.94 bits per heavy atom. The van der Waals surface area contributed by atoms with Gasteiger partial charge >= 0.3 is 0 Å². The maximum absolute atomic E-state index is 6.54. The fourth-order valence-corrected chi connectivity index (χ4v) is 7.56. The first kappa shape index (κ1) is 29.3. The second-order valence-electron chi connectivity index (χ2n) is 13.1.